The van der Waals surface area contributed by atoms with E-state index in [9.17, 15) is 4.79 Å². The fourth-order valence-electron chi connectivity index (χ4n) is 1.42. The van der Waals surface area contributed by atoms with Crippen molar-refractivity contribution in [1.29, 1.82) is 0 Å². The van der Waals surface area contributed by atoms with Gasteiger partial charge in [0.15, 0.2) is 0 Å². The van der Waals surface area contributed by atoms with Crippen molar-refractivity contribution >= 4 is 11.8 Å². The molecular formula is C10H11NO3. The predicted molar refractivity (Wildman–Crippen MR) is 51.4 cm³/mol. The van der Waals surface area contributed by atoms with E-state index in [2.05, 4.69) is 0 Å². The number of cyclic esters (lactones) is 1. The number of nitrogens with zero attached hydrogens (tertiary/aromatic N) is 1. The summed E-state index contributed by atoms with van der Waals surface area (Å²) in [5.74, 6) is 0.194. The van der Waals surface area contributed by atoms with Crippen LogP contribution < -0.4 is 4.90 Å². The molecule has 0 bridgehead atoms. The molecule has 1 fully saturated rings. The van der Waals surface area contributed by atoms with E-state index in [4.69, 9.17) is 9.84 Å². The summed E-state index contributed by atoms with van der Waals surface area (Å²) in [6.45, 7) is 1.16. The minimum Gasteiger partial charge on any atom is -0.508 e. The third-order valence-corrected chi connectivity index (χ3v) is 2.13. The van der Waals surface area contributed by atoms with Crippen LogP contribution in [0.25, 0.3) is 0 Å². The van der Waals surface area contributed by atoms with Gasteiger partial charge in [0.1, 0.15) is 5.75 Å². The largest absolute Gasteiger partial charge is 0.508 e. The van der Waals surface area contributed by atoms with Gasteiger partial charge in [-0.3, -0.25) is 4.90 Å². The van der Waals surface area contributed by atoms with Crippen LogP contribution in [0.4, 0.5) is 10.5 Å². The number of benzene rings is 1. The van der Waals surface area contributed by atoms with E-state index >= 15 is 0 Å². The highest BCUT2D eigenvalue weighted by atomic mass is 16.6. The molecule has 0 atom stereocenters. The van der Waals surface area contributed by atoms with Gasteiger partial charge in [-0.05, 0) is 30.7 Å². The van der Waals surface area contributed by atoms with Crippen LogP contribution in [0.5, 0.6) is 5.75 Å². The molecule has 1 aromatic carbocycles. The number of anilines is 1. The summed E-state index contributed by atoms with van der Waals surface area (Å²) in [4.78, 5) is 12.9. The third-order valence-electron chi connectivity index (χ3n) is 2.13. The zero-order chi connectivity index (χ0) is 9.97. The third kappa shape index (κ3) is 1.64. The lowest BCUT2D eigenvalue weighted by atomic mass is 10.2. The molecule has 1 aliphatic rings. The first-order chi connectivity index (χ1) is 6.77. The van der Waals surface area contributed by atoms with E-state index in [-0.39, 0.29) is 11.8 Å². The summed E-state index contributed by atoms with van der Waals surface area (Å²) in [5.41, 5.74) is 0.757. The van der Waals surface area contributed by atoms with Crippen molar-refractivity contribution in [2.75, 3.05) is 18.1 Å². The Morgan fingerprint density at radius 1 is 1.29 bits per heavy atom. The van der Waals surface area contributed by atoms with Crippen molar-refractivity contribution in [3.05, 3.63) is 24.3 Å². The Morgan fingerprint density at radius 3 is 2.64 bits per heavy atom. The minimum atomic E-state index is -0.318. The average molecular weight is 193 g/mol. The zero-order valence-corrected chi connectivity index (χ0v) is 7.64. The molecule has 0 unspecified atom stereocenters. The second kappa shape index (κ2) is 3.57. The summed E-state index contributed by atoms with van der Waals surface area (Å²) >= 11 is 0. The average Bonchev–Trinajstić information content (AvgIpc) is 2.20. The second-order valence-electron chi connectivity index (χ2n) is 3.14. The molecule has 0 aliphatic carbocycles. The highest BCUT2D eigenvalue weighted by molar-refractivity contribution is 5.88. The standard InChI is InChI=1S/C10H11NO3/c12-9-4-2-8(3-5-9)11-6-1-7-14-10(11)13/h2-5,12H,1,6-7H2. The fraction of sp³-hybridized carbons (Fsp3) is 0.300. The van der Waals surface area contributed by atoms with Crippen molar-refractivity contribution < 1.29 is 14.6 Å². The molecular weight excluding hydrogens is 182 g/mol. The number of phenolic OH excluding ortho intramolecular Hbond substituents is 1. The molecule has 1 aliphatic heterocycles. The number of aromatic hydroxyl groups is 1. The predicted octanol–water partition coefficient (Wildman–Crippen LogP) is 1.74. The smallest absolute Gasteiger partial charge is 0.414 e. The van der Waals surface area contributed by atoms with Crippen molar-refractivity contribution in [2.24, 2.45) is 0 Å². The molecule has 4 heteroatoms. The maximum absolute atomic E-state index is 11.3. The number of hydrogen-bond donors (Lipinski definition) is 1. The number of rotatable bonds is 1. The topological polar surface area (TPSA) is 49.8 Å². The molecule has 74 valence electrons. The maximum Gasteiger partial charge on any atom is 0.414 e. The van der Waals surface area contributed by atoms with E-state index in [1.807, 2.05) is 0 Å². The van der Waals surface area contributed by atoms with Crippen LogP contribution >= 0.6 is 0 Å². The van der Waals surface area contributed by atoms with Gasteiger partial charge in [-0.15, -0.1) is 0 Å². The minimum absolute atomic E-state index is 0.194. The van der Waals surface area contributed by atoms with Gasteiger partial charge in [-0.1, -0.05) is 0 Å². The molecule has 1 amide bonds. The monoisotopic (exact) mass is 193 g/mol. The molecule has 0 radical (unpaired) electrons. The van der Waals surface area contributed by atoms with Crippen LogP contribution in [-0.4, -0.2) is 24.4 Å². The molecule has 2 rings (SSSR count). The van der Waals surface area contributed by atoms with Crippen LogP contribution in [0.3, 0.4) is 0 Å². The molecule has 0 aromatic heterocycles. The number of carbonyl (C=O) groups excluding carboxylic acids is 1. The zero-order valence-electron chi connectivity index (χ0n) is 7.64. The first kappa shape index (κ1) is 8.87. The molecule has 1 N–H and O–H groups in total. The van der Waals surface area contributed by atoms with Crippen LogP contribution in [0.15, 0.2) is 24.3 Å². The molecule has 1 saturated heterocycles. The van der Waals surface area contributed by atoms with E-state index in [1.54, 1.807) is 29.2 Å². The Kier molecular flexibility index (Phi) is 2.26. The summed E-state index contributed by atoms with van der Waals surface area (Å²) in [6, 6.07) is 6.50. The van der Waals surface area contributed by atoms with Crippen molar-refractivity contribution in [1.82, 2.24) is 0 Å². The first-order valence-corrected chi connectivity index (χ1v) is 4.51. The van der Waals surface area contributed by atoms with Crippen molar-refractivity contribution in [3.8, 4) is 5.75 Å². The van der Waals surface area contributed by atoms with Gasteiger partial charge in [-0.25, -0.2) is 4.79 Å². The highest BCUT2D eigenvalue weighted by Gasteiger charge is 2.20. The van der Waals surface area contributed by atoms with E-state index in [0.717, 1.165) is 12.1 Å². The van der Waals surface area contributed by atoms with Crippen LogP contribution in [0, 0.1) is 0 Å². The number of ether oxygens (including phenoxy) is 1. The van der Waals surface area contributed by atoms with Crippen LogP contribution in [0.2, 0.25) is 0 Å². The van der Waals surface area contributed by atoms with Crippen molar-refractivity contribution in [2.45, 2.75) is 6.42 Å². The van der Waals surface area contributed by atoms with Crippen LogP contribution in [0.1, 0.15) is 6.42 Å². The first-order valence-electron chi connectivity index (χ1n) is 4.51. The molecule has 14 heavy (non-hydrogen) atoms. The Bertz CT molecular complexity index is 334. The van der Waals surface area contributed by atoms with E-state index < -0.39 is 0 Å². The van der Waals surface area contributed by atoms with Gasteiger partial charge in [0.2, 0.25) is 0 Å². The van der Waals surface area contributed by atoms with Gasteiger partial charge < -0.3 is 9.84 Å². The number of carbonyl (C=O) groups is 1. The quantitative estimate of drug-likeness (QED) is 0.739. The van der Waals surface area contributed by atoms with Crippen LogP contribution in [-0.2, 0) is 4.74 Å². The highest BCUT2D eigenvalue weighted by Crippen LogP contribution is 2.21. The van der Waals surface area contributed by atoms with Gasteiger partial charge in [0.25, 0.3) is 0 Å². The Balaban J connectivity index is 2.20. The number of phenols is 1. The summed E-state index contributed by atoms with van der Waals surface area (Å²) in [5, 5.41) is 9.09. The molecule has 1 heterocycles. The fourth-order valence-corrected chi connectivity index (χ4v) is 1.42. The lowest BCUT2D eigenvalue weighted by Crippen LogP contribution is -2.37. The Hall–Kier alpha value is -1.71. The lowest BCUT2D eigenvalue weighted by Gasteiger charge is -2.26. The lowest BCUT2D eigenvalue weighted by molar-refractivity contribution is 0.140. The van der Waals surface area contributed by atoms with Gasteiger partial charge >= 0.3 is 6.09 Å². The van der Waals surface area contributed by atoms with E-state index in [1.165, 1.54) is 0 Å². The van der Waals surface area contributed by atoms with Gasteiger partial charge in [0.05, 0.1) is 6.61 Å². The van der Waals surface area contributed by atoms with E-state index in [0.29, 0.717) is 13.2 Å². The van der Waals surface area contributed by atoms with Crippen molar-refractivity contribution in [3.63, 3.8) is 0 Å². The molecule has 0 saturated carbocycles. The Morgan fingerprint density at radius 2 is 2.00 bits per heavy atom. The molecule has 4 nitrogen and oxygen atoms in total. The second-order valence-corrected chi connectivity index (χ2v) is 3.14. The number of amides is 1. The summed E-state index contributed by atoms with van der Waals surface area (Å²) < 4.78 is 4.90. The summed E-state index contributed by atoms with van der Waals surface area (Å²) in [6.07, 6.45) is 0.522. The molecule has 0 spiro atoms. The normalized spacial score (nSPS) is 16.6. The number of hydrogen-bond acceptors (Lipinski definition) is 3. The maximum atomic E-state index is 11.3. The summed E-state index contributed by atoms with van der Waals surface area (Å²) in [7, 11) is 0. The SMILES string of the molecule is O=C1OCCCN1c1ccc(O)cc1. The molecule has 1 aromatic rings. The van der Waals surface area contributed by atoms with Gasteiger partial charge in [-0.2, -0.15) is 0 Å². The Labute approximate surface area is 81.7 Å². The van der Waals surface area contributed by atoms with Gasteiger partial charge in [0, 0.05) is 12.2 Å².